The summed E-state index contributed by atoms with van der Waals surface area (Å²) < 4.78 is 11.6. The average Bonchev–Trinajstić information content (AvgIpc) is 2.88. The number of aryl methyl sites for hydroxylation is 4. The van der Waals surface area contributed by atoms with Crippen LogP contribution < -0.4 is 0 Å². The van der Waals surface area contributed by atoms with E-state index < -0.39 is 11.8 Å². The molecular formula is C26H31NO4S. The van der Waals surface area contributed by atoms with Crippen molar-refractivity contribution in [2.24, 2.45) is 0 Å². The summed E-state index contributed by atoms with van der Waals surface area (Å²) in [7, 11) is 1.53. The van der Waals surface area contributed by atoms with Gasteiger partial charge < -0.3 is 9.47 Å². The van der Waals surface area contributed by atoms with Gasteiger partial charge in [-0.15, -0.1) is 0 Å². The lowest BCUT2D eigenvalue weighted by Gasteiger charge is -2.33. The Balaban J connectivity index is 2.19. The summed E-state index contributed by atoms with van der Waals surface area (Å²) in [6, 6.07) is 11.9. The summed E-state index contributed by atoms with van der Waals surface area (Å²) in [5, 5.41) is 1.66. The third-order valence-electron chi connectivity index (χ3n) is 5.76. The van der Waals surface area contributed by atoms with Crippen LogP contribution in [-0.2, 0) is 19.1 Å². The van der Waals surface area contributed by atoms with E-state index in [0.717, 1.165) is 33.4 Å². The van der Waals surface area contributed by atoms with Crippen LogP contribution in [0.1, 0.15) is 54.2 Å². The van der Waals surface area contributed by atoms with Crippen molar-refractivity contribution in [1.82, 2.24) is 5.06 Å². The van der Waals surface area contributed by atoms with Crippen molar-refractivity contribution in [3.8, 4) is 0 Å². The van der Waals surface area contributed by atoms with Crippen LogP contribution in [0.15, 0.2) is 42.2 Å². The average molecular weight is 454 g/mol. The van der Waals surface area contributed by atoms with Crippen LogP contribution in [0, 0.1) is 27.7 Å². The Kier molecular flexibility index (Phi) is 6.89. The molecule has 5 nitrogen and oxygen atoms in total. The quantitative estimate of drug-likeness (QED) is 0.423. The van der Waals surface area contributed by atoms with E-state index in [2.05, 4.69) is 12.1 Å². The van der Waals surface area contributed by atoms with Crippen molar-refractivity contribution in [2.75, 3.05) is 7.11 Å². The van der Waals surface area contributed by atoms with Crippen molar-refractivity contribution in [3.63, 3.8) is 0 Å². The highest BCUT2D eigenvalue weighted by molar-refractivity contribution is 7.80. The Hall–Kier alpha value is -2.54. The molecule has 1 amide bonds. The summed E-state index contributed by atoms with van der Waals surface area (Å²) in [4.78, 5) is 19.6. The molecule has 0 spiro atoms. The molecule has 2 aromatic carbocycles. The largest absolute Gasteiger partial charge is 0.446 e. The minimum Gasteiger partial charge on any atom is -0.446 e. The third kappa shape index (κ3) is 4.35. The fourth-order valence-corrected chi connectivity index (χ4v) is 4.45. The molecule has 0 saturated carbocycles. The van der Waals surface area contributed by atoms with Gasteiger partial charge in [0.25, 0.3) is 5.91 Å². The Morgan fingerprint density at radius 2 is 1.62 bits per heavy atom. The van der Waals surface area contributed by atoms with Gasteiger partial charge in [-0.05, 0) is 82.9 Å². The molecule has 0 fully saturated rings. The van der Waals surface area contributed by atoms with Gasteiger partial charge in [-0.2, -0.15) is 0 Å². The lowest BCUT2D eigenvalue weighted by Crippen LogP contribution is -2.46. The van der Waals surface area contributed by atoms with Gasteiger partial charge in [0.15, 0.2) is 11.3 Å². The van der Waals surface area contributed by atoms with Gasteiger partial charge in [-0.25, -0.2) is 9.90 Å². The molecule has 0 bridgehead atoms. The fourth-order valence-electron chi connectivity index (χ4n) is 4.14. The number of nitrogens with zero attached hydrogens (tertiary/aromatic N) is 1. The molecule has 0 N–H and O–H groups in total. The molecule has 0 radical (unpaired) electrons. The van der Waals surface area contributed by atoms with Crippen molar-refractivity contribution in [3.05, 3.63) is 75.5 Å². The maximum Gasteiger partial charge on any atom is 0.282 e. The van der Waals surface area contributed by atoms with Crippen LogP contribution in [0.4, 0.5) is 0 Å². The van der Waals surface area contributed by atoms with E-state index in [-0.39, 0.29) is 5.91 Å². The smallest absolute Gasteiger partial charge is 0.282 e. The molecule has 2 aromatic rings. The van der Waals surface area contributed by atoms with E-state index in [1.165, 1.54) is 12.2 Å². The SMILES string of the molecule is COC(C)ON1C(=O)C(c2c(C)cc(C)cc2C)=C(OC(=S)c2ccccc2C)C1(C)C. The number of thiocarbonyl (C=S) groups is 1. The zero-order valence-electron chi connectivity index (χ0n) is 20.0. The van der Waals surface area contributed by atoms with E-state index in [4.69, 9.17) is 26.5 Å². The highest BCUT2D eigenvalue weighted by Crippen LogP contribution is 2.43. The number of hydrogen-bond acceptors (Lipinski definition) is 5. The molecule has 3 rings (SSSR count). The molecule has 1 heterocycles. The topological polar surface area (TPSA) is 48.0 Å². The number of ether oxygens (including phenoxy) is 2. The van der Waals surface area contributed by atoms with E-state index in [0.29, 0.717) is 16.4 Å². The van der Waals surface area contributed by atoms with E-state index >= 15 is 0 Å². The fraction of sp³-hybridized carbons (Fsp3) is 0.385. The highest BCUT2D eigenvalue weighted by Gasteiger charge is 2.50. The van der Waals surface area contributed by atoms with Crippen LogP contribution in [-0.4, -0.2) is 35.0 Å². The summed E-state index contributed by atoms with van der Waals surface area (Å²) in [5.41, 5.74) is 5.34. The van der Waals surface area contributed by atoms with Gasteiger partial charge in [0.1, 0.15) is 11.3 Å². The van der Waals surface area contributed by atoms with E-state index in [9.17, 15) is 4.79 Å². The maximum absolute atomic E-state index is 13.7. The summed E-state index contributed by atoms with van der Waals surface area (Å²) in [5.74, 6) is 0.186. The molecule has 0 aromatic heterocycles. The predicted molar refractivity (Wildman–Crippen MR) is 130 cm³/mol. The second-order valence-corrected chi connectivity index (χ2v) is 9.12. The molecule has 0 aliphatic carbocycles. The number of carbonyl (C=O) groups excluding carboxylic acids is 1. The standard InChI is InChI=1S/C26H31NO4S/c1-15-13-17(3)21(18(4)14-15)22-23(30-25(32)20-12-10-9-11-16(20)2)26(6,7)27(24(22)28)31-19(5)29-8/h9-14,19H,1-8H3. The Morgan fingerprint density at radius 3 is 2.19 bits per heavy atom. The number of benzene rings is 2. The second kappa shape index (κ2) is 9.14. The van der Waals surface area contributed by atoms with Crippen LogP contribution in [0.25, 0.3) is 5.57 Å². The van der Waals surface area contributed by atoms with Gasteiger partial charge in [0.2, 0.25) is 0 Å². The van der Waals surface area contributed by atoms with Gasteiger partial charge in [-0.3, -0.25) is 4.79 Å². The molecule has 170 valence electrons. The Morgan fingerprint density at radius 1 is 1.03 bits per heavy atom. The maximum atomic E-state index is 13.7. The first kappa shape index (κ1) is 24.1. The van der Waals surface area contributed by atoms with Crippen LogP contribution >= 0.6 is 12.2 Å². The van der Waals surface area contributed by atoms with E-state index in [1.807, 2.05) is 65.8 Å². The van der Waals surface area contributed by atoms with Gasteiger partial charge in [0, 0.05) is 12.7 Å². The summed E-state index contributed by atoms with van der Waals surface area (Å²) in [6.45, 7) is 13.5. The Labute approximate surface area is 195 Å². The molecular weight excluding hydrogens is 422 g/mol. The number of carbonyl (C=O) groups is 1. The first-order valence-corrected chi connectivity index (χ1v) is 11.0. The van der Waals surface area contributed by atoms with Crippen LogP contribution in [0.5, 0.6) is 0 Å². The number of hydrogen-bond donors (Lipinski definition) is 0. The number of rotatable bonds is 6. The van der Waals surface area contributed by atoms with Crippen molar-refractivity contribution < 1.29 is 19.1 Å². The minimum atomic E-state index is -0.907. The van der Waals surface area contributed by atoms with Gasteiger partial charge in [-0.1, -0.05) is 42.0 Å². The normalized spacial score (nSPS) is 16.5. The first-order valence-electron chi connectivity index (χ1n) is 10.6. The monoisotopic (exact) mass is 453 g/mol. The summed E-state index contributed by atoms with van der Waals surface area (Å²) in [6.07, 6.45) is -0.609. The van der Waals surface area contributed by atoms with E-state index in [1.54, 1.807) is 6.92 Å². The molecule has 6 heteroatoms. The minimum absolute atomic E-state index is 0.281. The number of hydroxylamine groups is 2. The molecule has 1 aliphatic heterocycles. The van der Waals surface area contributed by atoms with Crippen molar-refractivity contribution in [2.45, 2.75) is 60.3 Å². The lowest BCUT2D eigenvalue weighted by molar-refractivity contribution is -0.276. The predicted octanol–water partition coefficient (Wildman–Crippen LogP) is 5.57. The molecule has 0 saturated heterocycles. The second-order valence-electron chi connectivity index (χ2n) is 8.75. The number of methoxy groups -OCH3 is 1. The zero-order valence-corrected chi connectivity index (χ0v) is 20.8. The van der Waals surface area contributed by atoms with Gasteiger partial charge in [0.05, 0.1) is 5.57 Å². The van der Waals surface area contributed by atoms with Gasteiger partial charge >= 0.3 is 0 Å². The zero-order chi connectivity index (χ0) is 23.8. The summed E-state index contributed by atoms with van der Waals surface area (Å²) >= 11 is 5.67. The van der Waals surface area contributed by atoms with Crippen molar-refractivity contribution >= 4 is 28.7 Å². The lowest BCUT2D eigenvalue weighted by atomic mass is 9.91. The van der Waals surface area contributed by atoms with Crippen LogP contribution in [0.2, 0.25) is 0 Å². The molecule has 1 atom stereocenters. The number of amides is 1. The van der Waals surface area contributed by atoms with Crippen molar-refractivity contribution in [1.29, 1.82) is 0 Å². The molecule has 32 heavy (non-hydrogen) atoms. The molecule has 1 aliphatic rings. The Bertz CT molecular complexity index is 1080. The third-order valence-corrected chi connectivity index (χ3v) is 6.06. The molecule has 1 unspecified atom stereocenters. The van der Waals surface area contributed by atoms with Crippen LogP contribution in [0.3, 0.4) is 0 Å². The first-order chi connectivity index (χ1) is 15.0. The highest BCUT2D eigenvalue weighted by atomic mass is 32.1.